The van der Waals surface area contributed by atoms with Gasteiger partial charge in [-0.1, -0.05) is 29.3 Å². The number of carbonyl (C=O) groups is 2. The monoisotopic (exact) mass is 343 g/mol. The van der Waals surface area contributed by atoms with Crippen LogP contribution in [-0.2, 0) is 14.3 Å². The molecule has 1 heterocycles. The lowest BCUT2D eigenvalue weighted by Crippen LogP contribution is -2.34. The van der Waals surface area contributed by atoms with Crippen LogP contribution in [0.15, 0.2) is 29.5 Å². The molecule has 0 spiro atoms. The van der Waals surface area contributed by atoms with Crippen LogP contribution >= 0.6 is 23.2 Å². The molecule has 0 unspecified atom stereocenters. The largest absolute Gasteiger partial charge is 0.503 e. The van der Waals surface area contributed by atoms with Crippen molar-refractivity contribution < 1.29 is 19.4 Å². The van der Waals surface area contributed by atoms with Crippen LogP contribution in [0.1, 0.15) is 18.5 Å². The summed E-state index contributed by atoms with van der Waals surface area (Å²) in [5.74, 6) is -1.54. The average molecular weight is 344 g/mol. The summed E-state index contributed by atoms with van der Waals surface area (Å²) in [6, 6.07) is 4.05. The van der Waals surface area contributed by atoms with Crippen molar-refractivity contribution in [3.05, 3.63) is 45.1 Å². The van der Waals surface area contributed by atoms with Crippen molar-refractivity contribution in [3.63, 3.8) is 0 Å². The Morgan fingerprint density at radius 2 is 2.09 bits per heavy atom. The minimum atomic E-state index is -0.745. The molecule has 22 heavy (non-hydrogen) atoms. The van der Waals surface area contributed by atoms with E-state index < -0.39 is 17.7 Å². The fourth-order valence-corrected chi connectivity index (χ4v) is 2.99. The number of aliphatic hydroxyl groups excluding tert-OH is 1. The number of ether oxygens (including phenoxy) is 1. The van der Waals surface area contributed by atoms with Crippen LogP contribution in [0.4, 0.5) is 0 Å². The van der Waals surface area contributed by atoms with E-state index in [-0.39, 0.29) is 24.5 Å². The smallest absolute Gasteiger partial charge is 0.290 e. The predicted molar refractivity (Wildman–Crippen MR) is 83.1 cm³/mol. The molecule has 0 fully saturated rings. The van der Waals surface area contributed by atoms with Gasteiger partial charge in [0.05, 0.1) is 18.2 Å². The van der Waals surface area contributed by atoms with Crippen molar-refractivity contribution in [1.29, 1.82) is 0 Å². The van der Waals surface area contributed by atoms with Crippen LogP contribution in [0.25, 0.3) is 0 Å². The number of benzene rings is 1. The topological polar surface area (TPSA) is 66.8 Å². The van der Waals surface area contributed by atoms with Crippen LogP contribution in [0, 0.1) is 0 Å². The molecule has 0 aliphatic carbocycles. The van der Waals surface area contributed by atoms with E-state index in [0.29, 0.717) is 15.6 Å². The SMILES string of the molecule is COCCN1C(=O)C(O)=C(C(C)=O)[C@@H]1c1ccc(Cl)cc1Cl. The molecule has 0 bridgehead atoms. The van der Waals surface area contributed by atoms with E-state index in [1.807, 2.05) is 0 Å². The summed E-state index contributed by atoms with van der Waals surface area (Å²) in [7, 11) is 1.50. The molecule has 7 heteroatoms. The Morgan fingerprint density at radius 3 is 2.64 bits per heavy atom. The molecule has 1 aromatic rings. The van der Waals surface area contributed by atoms with Gasteiger partial charge in [-0.2, -0.15) is 0 Å². The van der Waals surface area contributed by atoms with Crippen molar-refractivity contribution in [2.75, 3.05) is 20.3 Å². The number of amides is 1. The number of Topliss-reactive ketones (excluding diaryl/α,β-unsaturated/α-hetero) is 1. The van der Waals surface area contributed by atoms with Gasteiger partial charge in [0.25, 0.3) is 5.91 Å². The third-order valence-corrected chi connectivity index (χ3v) is 4.04. The molecule has 0 saturated heterocycles. The van der Waals surface area contributed by atoms with Crippen molar-refractivity contribution in [1.82, 2.24) is 4.90 Å². The number of nitrogens with zero attached hydrogens (tertiary/aromatic N) is 1. The number of aliphatic hydroxyl groups is 1. The molecule has 1 amide bonds. The maximum atomic E-state index is 12.2. The lowest BCUT2D eigenvalue weighted by Gasteiger charge is -2.27. The second-order valence-corrected chi connectivity index (χ2v) is 5.72. The molecular formula is C15H15Cl2NO4. The van der Waals surface area contributed by atoms with Crippen molar-refractivity contribution in [2.24, 2.45) is 0 Å². The second kappa shape index (κ2) is 6.69. The van der Waals surface area contributed by atoms with E-state index in [4.69, 9.17) is 27.9 Å². The Labute approximate surface area is 138 Å². The normalized spacial score (nSPS) is 18.3. The zero-order valence-corrected chi connectivity index (χ0v) is 13.6. The molecule has 0 radical (unpaired) electrons. The van der Waals surface area contributed by atoms with Crippen LogP contribution in [0.3, 0.4) is 0 Å². The molecule has 1 aliphatic rings. The first-order chi connectivity index (χ1) is 10.4. The Bertz CT molecular complexity index is 657. The maximum Gasteiger partial charge on any atom is 0.290 e. The molecular weight excluding hydrogens is 329 g/mol. The van der Waals surface area contributed by atoms with Gasteiger partial charge in [0.2, 0.25) is 0 Å². The summed E-state index contributed by atoms with van der Waals surface area (Å²) in [5.41, 5.74) is 0.565. The summed E-state index contributed by atoms with van der Waals surface area (Å²) in [6.45, 7) is 1.79. The fraction of sp³-hybridized carbons (Fsp3) is 0.333. The molecule has 0 saturated carbocycles. The van der Waals surface area contributed by atoms with Gasteiger partial charge in [0.1, 0.15) is 0 Å². The molecule has 1 atom stereocenters. The first-order valence-electron chi connectivity index (χ1n) is 6.57. The van der Waals surface area contributed by atoms with Crippen LogP contribution in [-0.4, -0.2) is 42.0 Å². The van der Waals surface area contributed by atoms with Gasteiger partial charge in [-0.3, -0.25) is 9.59 Å². The number of rotatable bonds is 5. The first-order valence-corrected chi connectivity index (χ1v) is 7.33. The van der Waals surface area contributed by atoms with E-state index in [0.717, 1.165) is 0 Å². The Morgan fingerprint density at radius 1 is 1.41 bits per heavy atom. The average Bonchev–Trinajstić information content (AvgIpc) is 2.69. The van der Waals surface area contributed by atoms with E-state index >= 15 is 0 Å². The van der Waals surface area contributed by atoms with E-state index in [1.54, 1.807) is 12.1 Å². The number of ketones is 1. The van der Waals surface area contributed by atoms with E-state index in [1.165, 1.54) is 25.0 Å². The summed E-state index contributed by atoms with van der Waals surface area (Å²) in [4.78, 5) is 25.5. The lowest BCUT2D eigenvalue weighted by atomic mass is 9.96. The van der Waals surface area contributed by atoms with Crippen molar-refractivity contribution in [3.8, 4) is 0 Å². The lowest BCUT2D eigenvalue weighted by molar-refractivity contribution is -0.130. The Hall–Kier alpha value is -1.56. The highest BCUT2D eigenvalue weighted by Gasteiger charge is 2.42. The zero-order chi connectivity index (χ0) is 16.4. The van der Waals surface area contributed by atoms with Gasteiger partial charge in [-0.25, -0.2) is 0 Å². The highest BCUT2D eigenvalue weighted by atomic mass is 35.5. The minimum absolute atomic E-state index is 0.0327. The van der Waals surface area contributed by atoms with Crippen molar-refractivity contribution >= 4 is 34.9 Å². The molecule has 118 valence electrons. The summed E-state index contributed by atoms with van der Waals surface area (Å²) in [6.07, 6.45) is 0. The van der Waals surface area contributed by atoms with E-state index in [9.17, 15) is 14.7 Å². The maximum absolute atomic E-state index is 12.2. The molecule has 0 aromatic heterocycles. The van der Waals surface area contributed by atoms with Gasteiger partial charge in [0, 0.05) is 23.7 Å². The number of carbonyl (C=O) groups excluding carboxylic acids is 2. The zero-order valence-electron chi connectivity index (χ0n) is 12.1. The number of hydrogen-bond acceptors (Lipinski definition) is 4. The standard InChI is InChI=1S/C15H15Cl2NO4/c1-8(19)12-13(10-4-3-9(16)7-11(10)17)18(5-6-22-2)15(21)14(12)20/h3-4,7,13,20H,5-6H2,1-2H3/t13-/m0/s1. The predicted octanol–water partition coefficient (Wildman–Crippen LogP) is 2.92. The van der Waals surface area contributed by atoms with Crippen LogP contribution in [0.5, 0.6) is 0 Å². The molecule has 1 aromatic carbocycles. The van der Waals surface area contributed by atoms with Gasteiger partial charge < -0.3 is 14.7 Å². The Balaban J connectivity index is 2.54. The van der Waals surface area contributed by atoms with Crippen molar-refractivity contribution in [2.45, 2.75) is 13.0 Å². The van der Waals surface area contributed by atoms with Gasteiger partial charge in [0.15, 0.2) is 11.5 Å². The minimum Gasteiger partial charge on any atom is -0.503 e. The third-order valence-electron chi connectivity index (χ3n) is 3.48. The van der Waals surface area contributed by atoms with Gasteiger partial charge in [-0.15, -0.1) is 0 Å². The molecule has 1 N–H and O–H groups in total. The highest BCUT2D eigenvalue weighted by molar-refractivity contribution is 6.35. The molecule has 1 aliphatic heterocycles. The Kier molecular flexibility index (Phi) is 5.11. The third kappa shape index (κ3) is 2.97. The summed E-state index contributed by atoms with van der Waals surface area (Å²) < 4.78 is 4.98. The number of hydrogen-bond donors (Lipinski definition) is 1. The second-order valence-electron chi connectivity index (χ2n) is 4.88. The summed E-state index contributed by atoms with van der Waals surface area (Å²) in [5, 5.41) is 10.8. The quantitative estimate of drug-likeness (QED) is 0.892. The summed E-state index contributed by atoms with van der Waals surface area (Å²) >= 11 is 12.1. The van der Waals surface area contributed by atoms with Crippen LogP contribution < -0.4 is 0 Å². The number of halogens is 2. The molecule has 5 nitrogen and oxygen atoms in total. The van der Waals surface area contributed by atoms with E-state index in [2.05, 4.69) is 0 Å². The fourth-order valence-electron chi connectivity index (χ4n) is 2.48. The van der Waals surface area contributed by atoms with Crippen LogP contribution in [0.2, 0.25) is 10.0 Å². The highest BCUT2D eigenvalue weighted by Crippen LogP contribution is 2.40. The first kappa shape index (κ1) is 16.8. The van der Waals surface area contributed by atoms with Gasteiger partial charge in [-0.05, 0) is 24.6 Å². The van der Waals surface area contributed by atoms with Gasteiger partial charge >= 0.3 is 0 Å². The molecule has 2 rings (SSSR count). The number of methoxy groups -OCH3 is 1.